The summed E-state index contributed by atoms with van der Waals surface area (Å²) >= 11 is 0. The molecule has 5 unspecified atom stereocenters. The minimum atomic E-state index is -1.88. The van der Waals surface area contributed by atoms with Crippen molar-refractivity contribution in [3.63, 3.8) is 0 Å². The first kappa shape index (κ1) is 28.2. The number of aliphatic hydroxyl groups excluding tert-OH is 1. The Morgan fingerprint density at radius 3 is 1.66 bits per heavy atom. The van der Waals surface area contributed by atoms with Crippen LogP contribution in [0.4, 0.5) is 0 Å². The first-order chi connectivity index (χ1) is 14.6. The molecule has 0 spiro atoms. The molecule has 16 heteroatoms. The summed E-state index contributed by atoms with van der Waals surface area (Å²) in [7, 11) is 0. The molecule has 32 heavy (non-hydrogen) atoms. The van der Waals surface area contributed by atoms with E-state index in [-0.39, 0.29) is 0 Å². The zero-order chi connectivity index (χ0) is 25.2. The zero-order valence-electron chi connectivity index (χ0n) is 16.8. The van der Waals surface area contributed by atoms with E-state index in [2.05, 4.69) is 0 Å². The molecule has 0 saturated carbocycles. The van der Waals surface area contributed by atoms with Gasteiger partial charge in [-0.05, 0) is 6.92 Å². The fourth-order valence-electron chi connectivity index (χ4n) is 2.27. The molecule has 0 saturated heterocycles. The molecule has 0 bridgehead atoms. The van der Waals surface area contributed by atoms with Gasteiger partial charge in [0.1, 0.15) is 18.1 Å². The van der Waals surface area contributed by atoms with Crippen molar-refractivity contribution in [2.24, 2.45) is 11.5 Å². The summed E-state index contributed by atoms with van der Waals surface area (Å²) in [6, 6.07) is -7.01. The van der Waals surface area contributed by atoms with Crippen molar-refractivity contribution in [3.05, 3.63) is 0 Å². The van der Waals surface area contributed by atoms with E-state index in [4.69, 9.17) is 26.8 Å². The second kappa shape index (κ2) is 12.8. The maximum atomic E-state index is 12.5. The molecule has 11 N–H and O–H groups in total. The van der Waals surface area contributed by atoms with Crippen molar-refractivity contribution in [1.29, 1.82) is 0 Å². The number of nitrogens with one attached hydrogen (secondary N) is 3. The quantitative estimate of drug-likeness (QED) is 0.117. The monoisotopic (exact) mass is 463 g/mol. The number of nitrogens with two attached hydrogens (primary N) is 2. The number of amides is 4. The second-order valence-electron chi connectivity index (χ2n) is 6.66. The van der Waals surface area contributed by atoms with Gasteiger partial charge < -0.3 is 47.8 Å². The lowest BCUT2D eigenvalue weighted by molar-refractivity contribution is -0.148. The Morgan fingerprint density at radius 1 is 0.750 bits per heavy atom. The maximum Gasteiger partial charge on any atom is 0.326 e. The highest BCUT2D eigenvalue weighted by molar-refractivity contribution is 5.97. The number of aliphatic carboxylic acids is 3. The highest BCUT2D eigenvalue weighted by atomic mass is 16.4. The van der Waals surface area contributed by atoms with Gasteiger partial charge in [0, 0.05) is 0 Å². The standard InChI is InChI=1S/C16H25N5O11/c1-5(22)12(15(30)20-8(16(31)32)4-11(26)27)21-14(29)7(3-9(18)23)19-13(28)6(17)2-10(24)25/h5-8,12,22H,2-4,17H2,1H3,(H2,18,23)(H,19,28)(H,20,30)(H,21,29)(H,24,25)(H,26,27)(H,31,32). The molecule has 0 aromatic heterocycles. The van der Waals surface area contributed by atoms with Gasteiger partial charge in [-0.15, -0.1) is 0 Å². The Balaban J connectivity index is 5.47. The maximum absolute atomic E-state index is 12.5. The molecule has 5 atom stereocenters. The van der Waals surface area contributed by atoms with Crippen LogP contribution in [0.5, 0.6) is 0 Å². The summed E-state index contributed by atoms with van der Waals surface area (Å²) in [5.41, 5.74) is 10.4. The molecule has 0 heterocycles. The predicted molar refractivity (Wildman–Crippen MR) is 101 cm³/mol. The van der Waals surface area contributed by atoms with Crippen molar-refractivity contribution in [3.8, 4) is 0 Å². The second-order valence-corrected chi connectivity index (χ2v) is 6.66. The highest BCUT2D eigenvalue weighted by Gasteiger charge is 2.34. The van der Waals surface area contributed by atoms with Crippen LogP contribution >= 0.6 is 0 Å². The zero-order valence-corrected chi connectivity index (χ0v) is 16.8. The van der Waals surface area contributed by atoms with Gasteiger partial charge in [-0.1, -0.05) is 0 Å². The van der Waals surface area contributed by atoms with E-state index in [9.17, 15) is 38.7 Å². The smallest absolute Gasteiger partial charge is 0.326 e. The Kier molecular flexibility index (Phi) is 11.3. The number of carbonyl (C=O) groups is 7. The van der Waals surface area contributed by atoms with Crippen LogP contribution in [0, 0.1) is 0 Å². The SMILES string of the molecule is CC(O)C(NC(=O)C(CC(N)=O)NC(=O)C(N)CC(=O)O)C(=O)NC(CC(=O)O)C(=O)O. The number of rotatable bonds is 14. The Hall–Kier alpha value is -3.79. The molecule has 180 valence electrons. The molecule has 16 nitrogen and oxygen atoms in total. The number of carbonyl (C=O) groups excluding carboxylic acids is 4. The Bertz CT molecular complexity index is 769. The molecule has 0 aliphatic heterocycles. The normalized spacial score (nSPS) is 15.2. The molecule has 0 aromatic carbocycles. The molecule has 0 aromatic rings. The Morgan fingerprint density at radius 2 is 1.25 bits per heavy atom. The molecular weight excluding hydrogens is 438 g/mol. The van der Waals surface area contributed by atoms with Crippen LogP contribution in [0.1, 0.15) is 26.2 Å². The van der Waals surface area contributed by atoms with Crippen molar-refractivity contribution in [2.45, 2.75) is 56.5 Å². The van der Waals surface area contributed by atoms with Crippen molar-refractivity contribution in [1.82, 2.24) is 16.0 Å². The summed E-state index contributed by atoms with van der Waals surface area (Å²) in [6.07, 6.45) is -4.21. The van der Waals surface area contributed by atoms with E-state index < -0.39 is 91.1 Å². The van der Waals surface area contributed by atoms with Crippen LogP contribution in [-0.4, -0.2) is 92.2 Å². The summed E-state index contributed by atoms with van der Waals surface area (Å²) < 4.78 is 0. The fourth-order valence-corrected chi connectivity index (χ4v) is 2.27. The summed E-state index contributed by atoms with van der Waals surface area (Å²) in [5, 5.41) is 42.0. The third-order valence-corrected chi connectivity index (χ3v) is 3.83. The van der Waals surface area contributed by atoms with Crippen molar-refractivity contribution >= 4 is 41.5 Å². The lowest BCUT2D eigenvalue weighted by atomic mass is 10.1. The van der Waals surface area contributed by atoms with Crippen LogP contribution in [0.25, 0.3) is 0 Å². The predicted octanol–water partition coefficient (Wildman–Crippen LogP) is -4.94. The van der Waals surface area contributed by atoms with E-state index in [1.54, 1.807) is 0 Å². The summed E-state index contributed by atoms with van der Waals surface area (Å²) in [5.74, 6) is -9.33. The average molecular weight is 463 g/mol. The number of carboxylic acids is 3. The van der Waals surface area contributed by atoms with Crippen molar-refractivity contribution in [2.75, 3.05) is 0 Å². The van der Waals surface area contributed by atoms with Gasteiger partial charge in [0.25, 0.3) is 0 Å². The van der Waals surface area contributed by atoms with Gasteiger partial charge in [-0.2, -0.15) is 0 Å². The third-order valence-electron chi connectivity index (χ3n) is 3.83. The Labute approximate surface area is 180 Å². The van der Waals surface area contributed by atoms with Gasteiger partial charge in [-0.3, -0.25) is 28.8 Å². The summed E-state index contributed by atoms with van der Waals surface area (Å²) in [4.78, 5) is 80.5. The van der Waals surface area contributed by atoms with Crippen LogP contribution in [-0.2, 0) is 33.6 Å². The fraction of sp³-hybridized carbons (Fsp3) is 0.562. The van der Waals surface area contributed by atoms with Gasteiger partial charge in [0.2, 0.25) is 23.6 Å². The molecule has 0 fully saturated rings. The molecule has 4 amide bonds. The highest BCUT2D eigenvalue weighted by Crippen LogP contribution is 2.02. The number of carboxylic acid groups (broad SMARTS) is 3. The van der Waals surface area contributed by atoms with Gasteiger partial charge in [0.15, 0.2) is 0 Å². The van der Waals surface area contributed by atoms with Crippen LogP contribution in [0.3, 0.4) is 0 Å². The van der Waals surface area contributed by atoms with Gasteiger partial charge >= 0.3 is 17.9 Å². The first-order valence-corrected chi connectivity index (χ1v) is 8.95. The molecule has 0 rings (SSSR count). The minimum Gasteiger partial charge on any atom is -0.481 e. The molecule has 0 aliphatic carbocycles. The van der Waals surface area contributed by atoms with Crippen molar-refractivity contribution < 1.29 is 54.0 Å². The number of aliphatic hydroxyl groups is 1. The van der Waals surface area contributed by atoms with E-state index in [1.165, 1.54) is 0 Å². The average Bonchev–Trinajstić information content (AvgIpc) is 2.62. The van der Waals surface area contributed by atoms with Gasteiger partial charge in [-0.25, -0.2) is 4.79 Å². The van der Waals surface area contributed by atoms with Gasteiger partial charge in [0.05, 0.1) is 31.4 Å². The third kappa shape index (κ3) is 10.3. The van der Waals surface area contributed by atoms with Crippen LogP contribution in [0.15, 0.2) is 0 Å². The minimum absolute atomic E-state index is 0.789. The van der Waals surface area contributed by atoms with Crippen LogP contribution in [0.2, 0.25) is 0 Å². The van der Waals surface area contributed by atoms with E-state index in [0.29, 0.717) is 0 Å². The number of primary amides is 1. The number of hydrogen-bond donors (Lipinski definition) is 9. The number of hydrogen-bond acceptors (Lipinski definition) is 9. The van der Waals surface area contributed by atoms with E-state index in [1.807, 2.05) is 16.0 Å². The molecular formula is C16H25N5O11. The topological polar surface area (TPSA) is 289 Å². The summed E-state index contributed by atoms with van der Waals surface area (Å²) in [6.45, 7) is 1.04. The lowest BCUT2D eigenvalue weighted by Gasteiger charge is -2.25. The first-order valence-electron chi connectivity index (χ1n) is 8.95. The molecule has 0 radical (unpaired) electrons. The molecule has 0 aliphatic rings. The largest absolute Gasteiger partial charge is 0.481 e. The van der Waals surface area contributed by atoms with E-state index >= 15 is 0 Å². The lowest BCUT2D eigenvalue weighted by Crippen LogP contribution is -2.60. The van der Waals surface area contributed by atoms with Crippen LogP contribution < -0.4 is 27.4 Å². The van der Waals surface area contributed by atoms with E-state index in [0.717, 1.165) is 6.92 Å².